The summed E-state index contributed by atoms with van der Waals surface area (Å²) in [6.45, 7) is 15.3. The van der Waals surface area contributed by atoms with Crippen LogP contribution in [-0.4, -0.2) is 0 Å². The smallest absolute Gasteiger partial charge is 0.00569 e. The lowest BCUT2D eigenvalue weighted by molar-refractivity contribution is -0.0524. The summed E-state index contributed by atoms with van der Waals surface area (Å²) in [5.74, 6) is 4.71. The van der Waals surface area contributed by atoms with Crippen molar-refractivity contribution >= 4 is 0 Å². The molecule has 7 atom stereocenters. The zero-order valence-electron chi connectivity index (χ0n) is 21.4. The van der Waals surface area contributed by atoms with E-state index in [2.05, 4.69) is 47.6 Å². The third-order valence-corrected chi connectivity index (χ3v) is 11.3. The second kappa shape index (κ2) is 8.59. The molecular formula is C30H52. The van der Waals surface area contributed by atoms with Gasteiger partial charge in [-0.05, 0) is 110 Å². The Bertz CT molecular complexity index is 628. The zero-order valence-corrected chi connectivity index (χ0v) is 21.4. The third-order valence-electron chi connectivity index (χ3n) is 11.3. The minimum atomic E-state index is 0.554. The summed E-state index contributed by atoms with van der Waals surface area (Å²) in [6.07, 6.45) is 23.4. The third kappa shape index (κ3) is 3.65. The number of rotatable bonds is 6. The van der Waals surface area contributed by atoms with E-state index in [4.69, 9.17) is 0 Å². The molecule has 4 aliphatic rings. The van der Waals surface area contributed by atoms with Crippen molar-refractivity contribution in [2.24, 2.45) is 45.8 Å². The van der Waals surface area contributed by atoms with Gasteiger partial charge < -0.3 is 0 Å². The second-order valence-corrected chi connectivity index (χ2v) is 13.3. The van der Waals surface area contributed by atoms with Crippen molar-refractivity contribution in [3.05, 3.63) is 11.6 Å². The molecule has 0 amide bonds. The Morgan fingerprint density at radius 1 is 0.967 bits per heavy atom. The summed E-state index contributed by atoms with van der Waals surface area (Å²) in [5, 5.41) is 0. The van der Waals surface area contributed by atoms with Crippen LogP contribution in [0.4, 0.5) is 0 Å². The van der Waals surface area contributed by atoms with Gasteiger partial charge in [0.25, 0.3) is 0 Å². The van der Waals surface area contributed by atoms with E-state index in [-0.39, 0.29) is 0 Å². The van der Waals surface area contributed by atoms with E-state index in [0.717, 1.165) is 29.6 Å². The molecular weight excluding hydrogens is 360 g/mol. The predicted octanol–water partition coefficient (Wildman–Crippen LogP) is 9.59. The highest BCUT2D eigenvalue weighted by Crippen LogP contribution is 2.70. The topological polar surface area (TPSA) is 0 Å². The van der Waals surface area contributed by atoms with Gasteiger partial charge in [0.05, 0.1) is 0 Å². The van der Waals surface area contributed by atoms with Crippen molar-refractivity contribution in [1.82, 2.24) is 0 Å². The Kier molecular flexibility index (Phi) is 6.56. The number of unbranched alkanes of at least 4 members (excludes halogenated alkanes) is 1. The molecule has 0 aromatic heterocycles. The molecule has 0 aromatic rings. The summed E-state index contributed by atoms with van der Waals surface area (Å²) in [4.78, 5) is 0. The average Bonchev–Trinajstić information content (AvgIpc) is 2.98. The van der Waals surface area contributed by atoms with Crippen LogP contribution in [0.2, 0.25) is 0 Å². The van der Waals surface area contributed by atoms with Gasteiger partial charge >= 0.3 is 0 Å². The highest BCUT2D eigenvalue weighted by Gasteiger charge is 2.62. The molecule has 0 saturated heterocycles. The van der Waals surface area contributed by atoms with Gasteiger partial charge in [-0.2, -0.15) is 0 Å². The maximum Gasteiger partial charge on any atom is -0.00569 e. The lowest BCUT2D eigenvalue weighted by atomic mass is 9.45. The molecule has 0 spiro atoms. The fraction of sp³-hybridized carbons (Fsp3) is 0.933. The first-order chi connectivity index (χ1) is 14.3. The van der Waals surface area contributed by atoms with Crippen LogP contribution in [0.1, 0.15) is 131 Å². The molecule has 4 rings (SSSR count). The van der Waals surface area contributed by atoms with Crippen LogP contribution in [0.15, 0.2) is 11.6 Å². The van der Waals surface area contributed by atoms with E-state index in [1.807, 2.05) is 5.57 Å². The molecule has 30 heavy (non-hydrogen) atoms. The number of fused-ring (bicyclic) bond motifs is 5. The number of hydrogen-bond acceptors (Lipinski definition) is 0. The zero-order chi connectivity index (χ0) is 21.6. The first-order valence-electron chi connectivity index (χ1n) is 14.0. The SMILES string of the molecule is CCC12CCC(C)CC1=CCC1(C)C2CCCC2(C)C(CCCCC(C)C)CCC21. The summed E-state index contributed by atoms with van der Waals surface area (Å²) < 4.78 is 0. The van der Waals surface area contributed by atoms with Crippen molar-refractivity contribution in [2.45, 2.75) is 131 Å². The van der Waals surface area contributed by atoms with E-state index in [9.17, 15) is 0 Å². The summed E-state index contributed by atoms with van der Waals surface area (Å²) in [7, 11) is 0. The van der Waals surface area contributed by atoms with Crippen LogP contribution in [0.5, 0.6) is 0 Å². The number of allylic oxidation sites excluding steroid dienone is 2. The molecule has 0 aromatic carbocycles. The van der Waals surface area contributed by atoms with Crippen LogP contribution in [-0.2, 0) is 0 Å². The van der Waals surface area contributed by atoms with E-state index >= 15 is 0 Å². The van der Waals surface area contributed by atoms with Gasteiger partial charge in [0.2, 0.25) is 0 Å². The van der Waals surface area contributed by atoms with Gasteiger partial charge in [-0.3, -0.25) is 0 Å². The fourth-order valence-electron chi connectivity index (χ4n) is 9.67. The summed E-state index contributed by atoms with van der Waals surface area (Å²) >= 11 is 0. The predicted molar refractivity (Wildman–Crippen MR) is 132 cm³/mol. The van der Waals surface area contributed by atoms with E-state index in [0.29, 0.717) is 16.2 Å². The van der Waals surface area contributed by atoms with Gasteiger partial charge in [0, 0.05) is 0 Å². The van der Waals surface area contributed by atoms with E-state index in [1.165, 1.54) is 89.9 Å². The van der Waals surface area contributed by atoms with Crippen molar-refractivity contribution in [3.63, 3.8) is 0 Å². The Labute approximate surface area is 189 Å². The maximum atomic E-state index is 2.80. The Balaban J connectivity index is 1.58. The molecule has 0 radical (unpaired) electrons. The summed E-state index contributed by atoms with van der Waals surface area (Å²) in [6, 6.07) is 0. The minimum absolute atomic E-state index is 0.554. The van der Waals surface area contributed by atoms with Crippen molar-refractivity contribution in [2.75, 3.05) is 0 Å². The standard InChI is InChI=1S/C30H52/c1-7-30-20-16-23(4)21-25(30)17-19-29(6)26-15-14-24(12-9-8-11-22(2)3)28(26,5)18-10-13-27(29)30/h17,22-24,26-27H,7-16,18-21H2,1-6H3. The average molecular weight is 413 g/mol. The van der Waals surface area contributed by atoms with Crippen LogP contribution < -0.4 is 0 Å². The fourth-order valence-corrected chi connectivity index (χ4v) is 9.67. The second-order valence-electron chi connectivity index (χ2n) is 13.3. The minimum Gasteiger partial charge on any atom is -0.0842 e. The monoisotopic (exact) mass is 412 g/mol. The van der Waals surface area contributed by atoms with Crippen molar-refractivity contribution in [1.29, 1.82) is 0 Å². The van der Waals surface area contributed by atoms with E-state index < -0.39 is 0 Å². The molecule has 0 N–H and O–H groups in total. The largest absolute Gasteiger partial charge is 0.0842 e. The van der Waals surface area contributed by atoms with Crippen LogP contribution in [0.3, 0.4) is 0 Å². The molecule has 0 nitrogen and oxygen atoms in total. The molecule has 0 aliphatic heterocycles. The number of hydrogen-bond donors (Lipinski definition) is 0. The molecule has 172 valence electrons. The molecule has 0 heteroatoms. The van der Waals surface area contributed by atoms with Gasteiger partial charge in [-0.1, -0.05) is 78.9 Å². The Morgan fingerprint density at radius 3 is 2.50 bits per heavy atom. The van der Waals surface area contributed by atoms with Crippen molar-refractivity contribution < 1.29 is 0 Å². The maximum absolute atomic E-state index is 2.80. The van der Waals surface area contributed by atoms with Crippen LogP contribution in [0.25, 0.3) is 0 Å². The molecule has 3 fully saturated rings. The Morgan fingerprint density at radius 2 is 1.77 bits per heavy atom. The molecule has 0 heterocycles. The van der Waals surface area contributed by atoms with Crippen molar-refractivity contribution in [3.8, 4) is 0 Å². The van der Waals surface area contributed by atoms with Crippen LogP contribution >= 0.6 is 0 Å². The molecule has 3 saturated carbocycles. The lowest BCUT2D eigenvalue weighted by Crippen LogP contribution is -2.51. The quantitative estimate of drug-likeness (QED) is 0.301. The highest BCUT2D eigenvalue weighted by atomic mass is 14.7. The Hall–Kier alpha value is -0.260. The molecule has 4 aliphatic carbocycles. The molecule has 7 unspecified atom stereocenters. The van der Waals surface area contributed by atoms with Gasteiger partial charge in [-0.15, -0.1) is 0 Å². The van der Waals surface area contributed by atoms with Gasteiger partial charge in [0.15, 0.2) is 0 Å². The first kappa shape index (κ1) is 22.9. The van der Waals surface area contributed by atoms with Gasteiger partial charge in [-0.25, -0.2) is 0 Å². The highest BCUT2D eigenvalue weighted by molar-refractivity contribution is 5.27. The normalized spacial score (nSPS) is 46.0. The molecule has 0 bridgehead atoms. The van der Waals surface area contributed by atoms with Crippen LogP contribution in [0, 0.1) is 45.8 Å². The first-order valence-corrected chi connectivity index (χ1v) is 14.0. The lowest BCUT2D eigenvalue weighted by Gasteiger charge is -2.59. The summed E-state index contributed by atoms with van der Waals surface area (Å²) in [5.41, 5.74) is 3.62. The van der Waals surface area contributed by atoms with Gasteiger partial charge in [0.1, 0.15) is 0 Å². The van der Waals surface area contributed by atoms with E-state index in [1.54, 1.807) is 0 Å².